The van der Waals surface area contributed by atoms with Crippen LogP contribution in [0.5, 0.6) is 0 Å². The van der Waals surface area contributed by atoms with Crippen molar-refractivity contribution in [1.82, 2.24) is 10.6 Å². The smallest absolute Gasteiger partial charge is 0.229 e. The zero-order chi connectivity index (χ0) is 20.6. The second kappa shape index (κ2) is 12.0. The van der Waals surface area contributed by atoms with Crippen molar-refractivity contribution in [2.45, 2.75) is 33.2 Å². The normalized spacial score (nSPS) is 12.6. The molecule has 1 atom stereocenters. The second-order valence-corrected chi connectivity index (χ2v) is 8.67. The highest BCUT2D eigenvalue weighted by Crippen LogP contribution is 2.17. The van der Waals surface area contributed by atoms with Gasteiger partial charge in [-0.15, -0.1) is 24.0 Å². The van der Waals surface area contributed by atoms with Crippen molar-refractivity contribution in [2.24, 2.45) is 4.99 Å². The van der Waals surface area contributed by atoms with Gasteiger partial charge in [0.05, 0.1) is 18.5 Å². The fraction of sp³-hybridized carbons (Fsp3) is 0.381. The monoisotopic (exact) mass is 530 g/mol. The molecular weight excluding hydrogens is 499 g/mol. The number of rotatable bonds is 8. The van der Waals surface area contributed by atoms with Crippen LogP contribution in [0.25, 0.3) is 0 Å². The fourth-order valence-corrected chi connectivity index (χ4v) is 3.32. The Hall–Kier alpha value is -1.81. The minimum absolute atomic E-state index is 0. The lowest BCUT2D eigenvalue weighted by atomic mass is 10.0. The van der Waals surface area contributed by atoms with Crippen molar-refractivity contribution in [3.63, 3.8) is 0 Å². The van der Waals surface area contributed by atoms with E-state index in [4.69, 9.17) is 0 Å². The van der Waals surface area contributed by atoms with Gasteiger partial charge in [0.25, 0.3) is 0 Å². The summed E-state index contributed by atoms with van der Waals surface area (Å²) in [4.78, 5) is 4.61. The van der Waals surface area contributed by atoms with Gasteiger partial charge in [0.1, 0.15) is 0 Å². The third-order valence-electron chi connectivity index (χ3n) is 4.29. The van der Waals surface area contributed by atoms with Crippen LogP contribution in [0.1, 0.15) is 36.5 Å². The van der Waals surface area contributed by atoms with E-state index in [-0.39, 0.29) is 24.0 Å². The summed E-state index contributed by atoms with van der Waals surface area (Å²) in [6.07, 6.45) is 1.14. The Balaban J connectivity index is 0.00000420. The average molecular weight is 530 g/mol. The molecule has 2 aromatic carbocycles. The van der Waals surface area contributed by atoms with E-state index in [1.807, 2.05) is 19.1 Å². The van der Waals surface area contributed by atoms with Gasteiger partial charge in [-0.05, 0) is 37.0 Å². The molecule has 0 radical (unpaired) electrons. The zero-order valence-electron chi connectivity index (χ0n) is 17.4. The van der Waals surface area contributed by atoms with Crippen LogP contribution in [-0.2, 0) is 16.6 Å². The lowest BCUT2D eigenvalue weighted by molar-refractivity contribution is 0.606. The molecule has 2 rings (SSSR count). The standard InChI is InChI=1S/C21H30N4O2S.HI/c1-5-22-21(23-14-17(3)18-12-10-16(2)11-13-18)24-15-19-8-6-7-9-20(19)25-28(4,26)27;/h6-13,17,25H,5,14-15H2,1-4H3,(H2,22,23,24);1H. The first-order valence-electron chi connectivity index (χ1n) is 9.43. The molecule has 0 spiro atoms. The van der Waals surface area contributed by atoms with Crippen LogP contribution in [-0.4, -0.2) is 33.7 Å². The highest BCUT2D eigenvalue weighted by molar-refractivity contribution is 14.0. The van der Waals surface area contributed by atoms with Crippen LogP contribution < -0.4 is 15.4 Å². The first-order chi connectivity index (χ1) is 13.3. The van der Waals surface area contributed by atoms with Crippen LogP contribution in [0.4, 0.5) is 5.69 Å². The van der Waals surface area contributed by atoms with Crippen LogP contribution >= 0.6 is 24.0 Å². The molecule has 0 aliphatic rings. The summed E-state index contributed by atoms with van der Waals surface area (Å²) < 4.78 is 25.7. The summed E-state index contributed by atoms with van der Waals surface area (Å²) >= 11 is 0. The number of para-hydroxylation sites is 1. The molecule has 0 aliphatic heterocycles. The molecule has 0 bridgehead atoms. The molecule has 2 aromatic rings. The topological polar surface area (TPSA) is 82.6 Å². The second-order valence-electron chi connectivity index (χ2n) is 6.92. The summed E-state index contributed by atoms with van der Waals surface area (Å²) in [5.74, 6) is 1.04. The van der Waals surface area contributed by atoms with E-state index in [2.05, 4.69) is 58.5 Å². The molecule has 0 heterocycles. The van der Waals surface area contributed by atoms with Gasteiger partial charge in [-0.3, -0.25) is 4.72 Å². The molecule has 0 saturated carbocycles. The zero-order valence-corrected chi connectivity index (χ0v) is 20.5. The Labute approximate surface area is 191 Å². The Morgan fingerprint density at radius 1 is 1.07 bits per heavy atom. The lowest BCUT2D eigenvalue weighted by Crippen LogP contribution is -2.39. The molecule has 0 amide bonds. The van der Waals surface area contributed by atoms with Crippen molar-refractivity contribution in [3.8, 4) is 0 Å². The molecule has 0 aliphatic carbocycles. The van der Waals surface area contributed by atoms with E-state index in [1.165, 1.54) is 11.1 Å². The van der Waals surface area contributed by atoms with E-state index in [1.54, 1.807) is 12.1 Å². The fourth-order valence-electron chi connectivity index (χ4n) is 2.73. The number of nitrogens with zero attached hydrogens (tertiary/aromatic N) is 1. The van der Waals surface area contributed by atoms with E-state index in [0.717, 1.165) is 24.9 Å². The van der Waals surface area contributed by atoms with E-state index < -0.39 is 10.0 Å². The summed E-state index contributed by atoms with van der Waals surface area (Å²) in [7, 11) is -3.33. The molecule has 29 heavy (non-hydrogen) atoms. The highest BCUT2D eigenvalue weighted by Gasteiger charge is 2.09. The van der Waals surface area contributed by atoms with Gasteiger partial charge < -0.3 is 10.6 Å². The lowest BCUT2D eigenvalue weighted by Gasteiger charge is -2.17. The van der Waals surface area contributed by atoms with Crippen LogP contribution in [0.3, 0.4) is 0 Å². The predicted molar refractivity (Wildman–Crippen MR) is 133 cm³/mol. The largest absolute Gasteiger partial charge is 0.357 e. The molecule has 0 fully saturated rings. The molecule has 1 unspecified atom stereocenters. The molecule has 6 nitrogen and oxygen atoms in total. The van der Waals surface area contributed by atoms with Crippen LogP contribution in [0.15, 0.2) is 53.5 Å². The van der Waals surface area contributed by atoms with Gasteiger partial charge in [-0.2, -0.15) is 0 Å². The van der Waals surface area contributed by atoms with Crippen molar-refractivity contribution in [2.75, 3.05) is 24.1 Å². The van der Waals surface area contributed by atoms with Crippen LogP contribution in [0, 0.1) is 6.92 Å². The first-order valence-corrected chi connectivity index (χ1v) is 11.3. The number of hydrogen-bond acceptors (Lipinski definition) is 3. The summed E-state index contributed by atoms with van der Waals surface area (Å²) in [5.41, 5.74) is 3.89. The predicted octanol–water partition coefficient (Wildman–Crippen LogP) is 3.84. The van der Waals surface area contributed by atoms with Crippen molar-refractivity contribution < 1.29 is 8.42 Å². The molecule has 160 valence electrons. The minimum atomic E-state index is -3.33. The van der Waals surface area contributed by atoms with Gasteiger partial charge in [0.15, 0.2) is 5.96 Å². The number of aryl methyl sites for hydroxylation is 1. The van der Waals surface area contributed by atoms with Gasteiger partial charge >= 0.3 is 0 Å². The summed E-state index contributed by atoms with van der Waals surface area (Å²) in [5, 5.41) is 6.61. The molecule has 0 aromatic heterocycles. The third-order valence-corrected chi connectivity index (χ3v) is 4.88. The molecular formula is C21H31IN4O2S. The Morgan fingerprint density at radius 2 is 1.72 bits per heavy atom. The van der Waals surface area contributed by atoms with E-state index in [9.17, 15) is 8.42 Å². The summed E-state index contributed by atoms with van der Waals surface area (Å²) in [6.45, 7) is 8.13. The molecule has 8 heteroatoms. The van der Waals surface area contributed by atoms with Crippen molar-refractivity contribution in [3.05, 3.63) is 65.2 Å². The number of hydrogen-bond donors (Lipinski definition) is 3. The van der Waals surface area contributed by atoms with E-state index >= 15 is 0 Å². The number of aliphatic imine (C=N–C) groups is 1. The van der Waals surface area contributed by atoms with Crippen molar-refractivity contribution in [1.29, 1.82) is 0 Å². The number of anilines is 1. The maximum atomic E-state index is 11.6. The van der Waals surface area contributed by atoms with Gasteiger partial charge in [0.2, 0.25) is 10.0 Å². The Bertz CT molecular complexity index is 899. The quantitative estimate of drug-likeness (QED) is 0.275. The SMILES string of the molecule is CCNC(=NCc1ccccc1NS(C)(=O)=O)NCC(C)c1ccc(C)cc1.I. The molecule has 3 N–H and O–H groups in total. The third kappa shape index (κ3) is 9.03. The number of guanidine groups is 1. The Kier molecular flexibility index (Phi) is 10.5. The number of halogens is 1. The minimum Gasteiger partial charge on any atom is -0.357 e. The first kappa shape index (κ1) is 25.2. The highest BCUT2D eigenvalue weighted by atomic mass is 127. The maximum absolute atomic E-state index is 11.6. The van der Waals surface area contributed by atoms with Crippen LogP contribution in [0.2, 0.25) is 0 Å². The maximum Gasteiger partial charge on any atom is 0.229 e. The number of benzene rings is 2. The average Bonchev–Trinajstić information content (AvgIpc) is 2.64. The van der Waals surface area contributed by atoms with Gasteiger partial charge in [-0.1, -0.05) is 55.0 Å². The summed E-state index contributed by atoms with van der Waals surface area (Å²) in [6, 6.07) is 15.8. The van der Waals surface area contributed by atoms with E-state index in [0.29, 0.717) is 24.1 Å². The van der Waals surface area contributed by atoms with Crippen molar-refractivity contribution >= 4 is 45.6 Å². The van der Waals surface area contributed by atoms with Gasteiger partial charge in [0, 0.05) is 13.1 Å². The molecule has 0 saturated heterocycles. The van der Waals surface area contributed by atoms with Gasteiger partial charge in [-0.25, -0.2) is 13.4 Å². The number of sulfonamides is 1. The number of nitrogens with one attached hydrogen (secondary N) is 3. The Morgan fingerprint density at radius 3 is 2.34 bits per heavy atom.